The number of carbonyl (C=O) groups excluding carboxylic acids is 2. The summed E-state index contributed by atoms with van der Waals surface area (Å²) in [7, 11) is 0. The first kappa shape index (κ1) is 19.3. The number of aromatic nitrogens is 3. The topological polar surface area (TPSA) is 108 Å². The Balaban J connectivity index is 1.56. The highest BCUT2D eigenvalue weighted by Gasteiger charge is 2.34. The van der Waals surface area contributed by atoms with Crippen LogP contribution in [0.25, 0.3) is 32.7 Å². The monoisotopic (exact) mass is 453 g/mol. The number of benzene rings is 3. The zero-order chi connectivity index (χ0) is 22.7. The molecule has 9 heteroatoms. The predicted octanol–water partition coefficient (Wildman–Crippen LogP) is 0.986. The highest BCUT2D eigenvalue weighted by molar-refractivity contribution is 7.15. The van der Waals surface area contributed by atoms with Gasteiger partial charge in [-0.25, -0.2) is 0 Å². The molecule has 5 aromatic rings. The number of amides is 1. The van der Waals surface area contributed by atoms with E-state index in [-0.39, 0.29) is 10.1 Å². The van der Waals surface area contributed by atoms with Crippen molar-refractivity contribution in [1.29, 1.82) is 0 Å². The largest absolute Gasteiger partial charge is 0.548 e. The van der Waals surface area contributed by atoms with Gasteiger partial charge in [0.25, 0.3) is 11.5 Å². The summed E-state index contributed by atoms with van der Waals surface area (Å²) in [5, 5.41) is 17.6. The van der Waals surface area contributed by atoms with Crippen molar-refractivity contribution >= 4 is 50.2 Å². The normalized spacial score (nSPS) is 14.9. The summed E-state index contributed by atoms with van der Waals surface area (Å²) < 4.78 is 1.37. The van der Waals surface area contributed by atoms with Gasteiger partial charge in [0.05, 0.1) is 23.8 Å². The fourth-order valence-corrected chi connectivity index (χ4v) is 5.20. The molecule has 0 aliphatic carbocycles. The fourth-order valence-electron chi connectivity index (χ4n) is 4.21. The predicted molar refractivity (Wildman–Crippen MR) is 122 cm³/mol. The van der Waals surface area contributed by atoms with Crippen LogP contribution in [0.15, 0.2) is 71.5 Å². The lowest BCUT2D eigenvalue weighted by Crippen LogP contribution is -2.40. The van der Waals surface area contributed by atoms with Crippen molar-refractivity contribution in [3.8, 4) is 11.4 Å². The number of nitrogens with zero attached hydrogens (tertiary/aromatic N) is 4. The second-order valence-electron chi connectivity index (χ2n) is 7.55. The Labute approximate surface area is 189 Å². The molecule has 3 aromatic carbocycles. The minimum Gasteiger partial charge on any atom is -0.548 e. The molecular weight excluding hydrogens is 440 g/mol. The molecule has 33 heavy (non-hydrogen) atoms. The van der Waals surface area contributed by atoms with Crippen molar-refractivity contribution in [2.24, 2.45) is 0 Å². The lowest BCUT2D eigenvalue weighted by molar-refractivity contribution is -0.303. The minimum atomic E-state index is -1.39. The van der Waals surface area contributed by atoms with Crippen LogP contribution in [0.4, 0.5) is 5.69 Å². The number of hydrogen-bond donors (Lipinski definition) is 0. The van der Waals surface area contributed by atoms with Crippen molar-refractivity contribution in [2.75, 3.05) is 11.4 Å². The van der Waals surface area contributed by atoms with Gasteiger partial charge in [-0.1, -0.05) is 72.0 Å². The molecule has 0 N–H and O–H groups in total. The van der Waals surface area contributed by atoms with Gasteiger partial charge in [0.2, 0.25) is 4.96 Å². The Bertz CT molecular complexity index is 1730. The molecule has 1 aliphatic rings. The van der Waals surface area contributed by atoms with Gasteiger partial charge in [-0.3, -0.25) is 9.59 Å². The molecule has 2 aromatic heterocycles. The molecule has 1 amide bonds. The third-order valence-corrected chi connectivity index (χ3v) is 6.66. The van der Waals surface area contributed by atoms with Crippen molar-refractivity contribution in [1.82, 2.24) is 14.6 Å². The summed E-state index contributed by atoms with van der Waals surface area (Å²) in [4.78, 5) is 43.6. The van der Waals surface area contributed by atoms with Crippen LogP contribution in [0.2, 0.25) is 0 Å². The van der Waals surface area contributed by atoms with E-state index >= 15 is 0 Å². The van der Waals surface area contributed by atoms with E-state index in [0.29, 0.717) is 22.0 Å². The van der Waals surface area contributed by atoms with E-state index in [0.717, 1.165) is 32.6 Å². The van der Waals surface area contributed by atoms with Crippen LogP contribution in [0, 0.1) is 0 Å². The third-order valence-electron chi connectivity index (χ3n) is 5.63. The van der Waals surface area contributed by atoms with Crippen LogP contribution < -0.4 is 20.1 Å². The van der Waals surface area contributed by atoms with Crippen molar-refractivity contribution in [2.45, 2.75) is 0 Å². The van der Waals surface area contributed by atoms with E-state index in [1.165, 1.54) is 4.52 Å². The molecule has 0 atom stereocenters. The minimum absolute atomic E-state index is 0.154. The number of carbonyl (C=O) groups is 2. The van der Waals surface area contributed by atoms with Crippen LogP contribution in [0.1, 0.15) is 5.56 Å². The molecule has 0 unspecified atom stereocenters. The van der Waals surface area contributed by atoms with Gasteiger partial charge in [0.15, 0.2) is 5.82 Å². The van der Waals surface area contributed by atoms with Crippen LogP contribution in [0.5, 0.6) is 0 Å². The summed E-state index contributed by atoms with van der Waals surface area (Å²) in [6.45, 7) is -0.598. The standard InChI is InChI=1S/C24H14N4O4S/c29-18(30)12-27-17-11-4-3-9-16(17)19(22(27)31)20-23(32)28-24(33-20)25-21(26-28)15-10-5-7-13-6-1-2-8-14(13)15/h1-11H,12H2,(H,29,30)/p-1. The number of thiazole rings is 1. The van der Waals surface area contributed by atoms with Gasteiger partial charge < -0.3 is 14.8 Å². The van der Waals surface area contributed by atoms with Crippen LogP contribution in [0.3, 0.4) is 0 Å². The summed E-state index contributed by atoms with van der Waals surface area (Å²) in [5.41, 5.74) is 1.42. The number of hydrogen-bond acceptors (Lipinski definition) is 7. The number of para-hydroxylation sites is 1. The molecule has 0 saturated heterocycles. The quantitative estimate of drug-likeness (QED) is 0.403. The number of rotatable bonds is 3. The zero-order valence-electron chi connectivity index (χ0n) is 16.9. The van der Waals surface area contributed by atoms with Gasteiger partial charge in [0, 0.05) is 11.1 Å². The Morgan fingerprint density at radius 1 is 0.939 bits per heavy atom. The molecule has 0 radical (unpaired) electrons. The van der Waals surface area contributed by atoms with Crippen LogP contribution in [-0.2, 0) is 9.59 Å². The Morgan fingerprint density at radius 3 is 2.48 bits per heavy atom. The Hall–Kier alpha value is -4.37. The molecule has 8 nitrogen and oxygen atoms in total. The Kier molecular flexibility index (Phi) is 4.14. The summed E-state index contributed by atoms with van der Waals surface area (Å²) in [6, 6.07) is 20.4. The van der Waals surface area contributed by atoms with Gasteiger partial charge >= 0.3 is 0 Å². The van der Waals surface area contributed by atoms with Crippen molar-refractivity contribution in [3.63, 3.8) is 0 Å². The lowest BCUT2D eigenvalue weighted by Gasteiger charge is -2.17. The maximum Gasteiger partial charge on any atom is 0.291 e. The average molecular weight is 453 g/mol. The first-order valence-corrected chi connectivity index (χ1v) is 10.9. The number of carboxylic acid groups (broad SMARTS) is 1. The highest BCUT2D eigenvalue weighted by Crippen LogP contribution is 2.35. The molecule has 6 rings (SSSR count). The third kappa shape index (κ3) is 2.86. The number of anilines is 1. The second-order valence-corrected chi connectivity index (χ2v) is 8.53. The van der Waals surface area contributed by atoms with E-state index < -0.39 is 24.0 Å². The number of fused-ring (bicyclic) bond motifs is 3. The van der Waals surface area contributed by atoms with E-state index in [4.69, 9.17) is 0 Å². The van der Waals surface area contributed by atoms with Crippen molar-refractivity contribution in [3.05, 3.63) is 87.2 Å². The summed E-state index contributed by atoms with van der Waals surface area (Å²) in [6.07, 6.45) is 0. The molecule has 1 aliphatic heterocycles. The van der Waals surface area contributed by atoms with E-state index in [1.54, 1.807) is 24.3 Å². The van der Waals surface area contributed by atoms with Gasteiger partial charge in [-0.15, -0.1) is 5.10 Å². The summed E-state index contributed by atoms with van der Waals surface area (Å²) >= 11 is 1.06. The first-order valence-electron chi connectivity index (χ1n) is 10.1. The van der Waals surface area contributed by atoms with Gasteiger partial charge in [0.1, 0.15) is 4.53 Å². The van der Waals surface area contributed by atoms with Gasteiger partial charge in [-0.05, 0) is 16.8 Å². The first-order chi connectivity index (χ1) is 16.0. The maximum atomic E-state index is 13.3. The molecule has 0 spiro atoms. The molecule has 0 bridgehead atoms. The number of carboxylic acids is 1. The molecule has 3 heterocycles. The molecule has 160 valence electrons. The van der Waals surface area contributed by atoms with E-state index in [9.17, 15) is 19.5 Å². The zero-order valence-corrected chi connectivity index (χ0v) is 17.7. The SMILES string of the molecule is O=C([O-])CN1C(=O)C(=c2sc3nc(-c4cccc5ccccc45)nn3c2=O)c2ccccc21. The van der Waals surface area contributed by atoms with Gasteiger partial charge in [-0.2, -0.15) is 9.50 Å². The van der Waals surface area contributed by atoms with Crippen LogP contribution in [-0.4, -0.2) is 33.0 Å². The smallest absolute Gasteiger partial charge is 0.291 e. The van der Waals surface area contributed by atoms with E-state index in [2.05, 4.69) is 10.1 Å². The Morgan fingerprint density at radius 2 is 1.67 bits per heavy atom. The van der Waals surface area contributed by atoms with Crippen LogP contribution >= 0.6 is 11.3 Å². The fraction of sp³-hybridized carbons (Fsp3) is 0.0417. The second kappa shape index (κ2) is 7.07. The summed E-state index contributed by atoms with van der Waals surface area (Å²) in [5.74, 6) is -1.52. The molecular formula is C24H13N4O4S-. The van der Waals surface area contributed by atoms with E-state index in [1.807, 2.05) is 42.5 Å². The number of aliphatic carboxylic acids is 1. The molecule has 0 fully saturated rings. The molecule has 0 saturated carbocycles. The lowest BCUT2D eigenvalue weighted by atomic mass is 10.0. The highest BCUT2D eigenvalue weighted by atomic mass is 32.1. The van der Waals surface area contributed by atoms with Crippen molar-refractivity contribution < 1.29 is 14.7 Å². The maximum absolute atomic E-state index is 13.3. The average Bonchev–Trinajstić information content (AvgIpc) is 3.45.